The number of aromatic nitrogens is 3. The van der Waals surface area contributed by atoms with Gasteiger partial charge in [-0.15, -0.1) is 0 Å². The molecule has 6 nitrogen and oxygen atoms in total. The van der Waals surface area contributed by atoms with Crippen LogP contribution < -0.4 is 11.0 Å². The van der Waals surface area contributed by atoms with Crippen LogP contribution in [-0.2, 0) is 4.79 Å². The second-order valence-corrected chi connectivity index (χ2v) is 6.34. The van der Waals surface area contributed by atoms with Crippen molar-refractivity contribution in [2.75, 3.05) is 5.32 Å². The number of anilines is 1. The Bertz CT molecular complexity index is 982. The standard InChI is InChI=1S/C19H17ClN4O2/c1-12-3-9-16(10-4-12)22-18(25)13(2)24-19(26)23-17(11-21-24)14-5-7-15(20)8-6-14/h3-11,13H,1-2H3,(H,22,25)/t13-/m0/s1. The van der Waals surface area contributed by atoms with Crippen LogP contribution >= 0.6 is 11.6 Å². The number of rotatable bonds is 4. The van der Waals surface area contributed by atoms with E-state index in [2.05, 4.69) is 15.4 Å². The first-order valence-electron chi connectivity index (χ1n) is 8.03. The SMILES string of the molecule is Cc1ccc(NC(=O)[C@H](C)n2ncc(-c3ccc(Cl)cc3)nc2=O)cc1. The van der Waals surface area contributed by atoms with E-state index in [1.165, 1.54) is 6.20 Å². The molecule has 3 aromatic rings. The molecule has 0 aliphatic heterocycles. The van der Waals surface area contributed by atoms with Crippen LogP contribution in [0.15, 0.2) is 59.5 Å². The predicted molar refractivity (Wildman–Crippen MR) is 101 cm³/mol. The summed E-state index contributed by atoms with van der Waals surface area (Å²) in [5.74, 6) is -0.343. The fraction of sp³-hybridized carbons (Fsp3) is 0.158. The summed E-state index contributed by atoms with van der Waals surface area (Å²) in [5, 5.41) is 7.46. The van der Waals surface area contributed by atoms with Gasteiger partial charge in [0.2, 0.25) is 5.91 Å². The molecule has 132 valence electrons. The third-order valence-corrected chi connectivity index (χ3v) is 4.17. The molecule has 1 heterocycles. The summed E-state index contributed by atoms with van der Waals surface area (Å²) in [7, 11) is 0. The lowest BCUT2D eigenvalue weighted by Crippen LogP contribution is -2.34. The highest BCUT2D eigenvalue weighted by Gasteiger charge is 2.18. The average molecular weight is 369 g/mol. The van der Waals surface area contributed by atoms with Crippen LogP contribution in [0.4, 0.5) is 5.69 Å². The van der Waals surface area contributed by atoms with E-state index >= 15 is 0 Å². The molecule has 3 rings (SSSR count). The highest BCUT2D eigenvalue weighted by Crippen LogP contribution is 2.18. The molecule has 0 spiro atoms. The van der Waals surface area contributed by atoms with Crippen molar-refractivity contribution in [3.05, 3.63) is 75.8 Å². The van der Waals surface area contributed by atoms with Crippen molar-refractivity contribution < 1.29 is 4.79 Å². The number of hydrogen-bond donors (Lipinski definition) is 1. The summed E-state index contributed by atoms with van der Waals surface area (Å²) in [6, 6.07) is 13.5. The number of nitrogens with one attached hydrogen (secondary N) is 1. The van der Waals surface area contributed by atoms with Crippen molar-refractivity contribution in [1.29, 1.82) is 0 Å². The molecule has 0 aliphatic carbocycles. The lowest BCUT2D eigenvalue weighted by Gasteiger charge is -2.14. The monoisotopic (exact) mass is 368 g/mol. The van der Waals surface area contributed by atoms with Crippen LogP contribution in [0.25, 0.3) is 11.3 Å². The molecule has 1 N–H and O–H groups in total. The minimum Gasteiger partial charge on any atom is -0.324 e. The molecule has 26 heavy (non-hydrogen) atoms. The van der Waals surface area contributed by atoms with Crippen LogP contribution in [0.2, 0.25) is 5.02 Å². The number of amides is 1. The third kappa shape index (κ3) is 3.97. The van der Waals surface area contributed by atoms with E-state index in [1.807, 2.05) is 19.1 Å². The summed E-state index contributed by atoms with van der Waals surface area (Å²) in [4.78, 5) is 28.7. The number of aryl methyl sites for hydroxylation is 1. The van der Waals surface area contributed by atoms with Crippen LogP contribution in [0.3, 0.4) is 0 Å². The number of halogens is 1. The lowest BCUT2D eigenvalue weighted by molar-refractivity contribution is -0.119. The number of carbonyl (C=O) groups is 1. The summed E-state index contributed by atoms with van der Waals surface area (Å²) >= 11 is 5.86. The molecule has 1 amide bonds. The molecular formula is C19H17ClN4O2. The highest BCUT2D eigenvalue weighted by molar-refractivity contribution is 6.30. The third-order valence-electron chi connectivity index (χ3n) is 3.92. The van der Waals surface area contributed by atoms with E-state index in [1.54, 1.807) is 43.3 Å². The van der Waals surface area contributed by atoms with Gasteiger partial charge in [-0.1, -0.05) is 41.4 Å². The Morgan fingerprint density at radius 2 is 1.77 bits per heavy atom. The minimum atomic E-state index is -0.796. The normalized spacial score (nSPS) is 11.8. The second kappa shape index (κ2) is 7.49. The first kappa shape index (κ1) is 17.8. The Labute approximate surface area is 155 Å². The molecule has 0 unspecified atom stereocenters. The molecule has 0 bridgehead atoms. The van der Waals surface area contributed by atoms with Crippen molar-refractivity contribution in [3.63, 3.8) is 0 Å². The van der Waals surface area contributed by atoms with Gasteiger partial charge < -0.3 is 5.32 Å². The molecule has 1 atom stereocenters. The first-order chi connectivity index (χ1) is 12.4. The number of nitrogens with zero attached hydrogens (tertiary/aromatic N) is 3. The van der Waals surface area contributed by atoms with E-state index in [0.29, 0.717) is 16.4 Å². The van der Waals surface area contributed by atoms with Gasteiger partial charge in [-0.3, -0.25) is 4.79 Å². The summed E-state index contributed by atoms with van der Waals surface area (Å²) < 4.78 is 1.06. The van der Waals surface area contributed by atoms with E-state index in [0.717, 1.165) is 15.8 Å². The zero-order valence-corrected chi connectivity index (χ0v) is 15.1. The van der Waals surface area contributed by atoms with Crippen LogP contribution in [0.5, 0.6) is 0 Å². The smallest absolute Gasteiger partial charge is 0.324 e. The molecule has 1 aromatic heterocycles. The Morgan fingerprint density at radius 1 is 1.12 bits per heavy atom. The van der Waals surface area contributed by atoms with Gasteiger partial charge in [-0.05, 0) is 38.1 Å². The van der Waals surface area contributed by atoms with Gasteiger partial charge in [0.25, 0.3) is 0 Å². The largest absolute Gasteiger partial charge is 0.365 e. The highest BCUT2D eigenvalue weighted by atomic mass is 35.5. The van der Waals surface area contributed by atoms with Gasteiger partial charge in [0.15, 0.2) is 0 Å². The summed E-state index contributed by atoms with van der Waals surface area (Å²) in [6.07, 6.45) is 1.46. The Morgan fingerprint density at radius 3 is 2.38 bits per heavy atom. The minimum absolute atomic E-state index is 0.343. The van der Waals surface area contributed by atoms with Crippen LogP contribution in [0.1, 0.15) is 18.5 Å². The Kier molecular flexibility index (Phi) is 5.14. The Hall–Kier alpha value is -2.99. The van der Waals surface area contributed by atoms with Gasteiger partial charge in [0, 0.05) is 16.3 Å². The van der Waals surface area contributed by atoms with Crippen molar-refractivity contribution in [2.24, 2.45) is 0 Å². The zero-order valence-electron chi connectivity index (χ0n) is 14.3. The predicted octanol–water partition coefficient (Wildman–Crippen LogP) is 3.47. The number of hydrogen-bond acceptors (Lipinski definition) is 4. The van der Waals surface area contributed by atoms with Gasteiger partial charge in [-0.2, -0.15) is 10.1 Å². The second-order valence-electron chi connectivity index (χ2n) is 5.91. The van der Waals surface area contributed by atoms with Gasteiger partial charge in [0.05, 0.1) is 11.9 Å². The Balaban J connectivity index is 1.79. The summed E-state index contributed by atoms with van der Waals surface area (Å²) in [6.45, 7) is 3.56. The van der Waals surface area contributed by atoms with Crippen molar-refractivity contribution in [2.45, 2.75) is 19.9 Å². The zero-order chi connectivity index (χ0) is 18.7. The molecule has 0 fully saturated rings. The molecular weight excluding hydrogens is 352 g/mol. The molecule has 2 aromatic carbocycles. The van der Waals surface area contributed by atoms with Crippen LogP contribution in [-0.4, -0.2) is 20.7 Å². The fourth-order valence-electron chi connectivity index (χ4n) is 2.37. The average Bonchev–Trinajstić information content (AvgIpc) is 2.63. The maximum Gasteiger partial charge on any atom is 0.365 e. The first-order valence-corrected chi connectivity index (χ1v) is 8.41. The number of benzene rings is 2. The van der Waals surface area contributed by atoms with Gasteiger partial charge in [0.1, 0.15) is 6.04 Å². The number of carbonyl (C=O) groups excluding carboxylic acids is 1. The maximum atomic E-state index is 12.4. The molecule has 7 heteroatoms. The topological polar surface area (TPSA) is 76.9 Å². The van der Waals surface area contributed by atoms with Gasteiger partial charge >= 0.3 is 5.69 Å². The lowest BCUT2D eigenvalue weighted by atomic mass is 10.2. The summed E-state index contributed by atoms with van der Waals surface area (Å²) in [5.41, 5.74) is 2.31. The van der Waals surface area contributed by atoms with Crippen molar-refractivity contribution in [3.8, 4) is 11.3 Å². The van der Waals surface area contributed by atoms with Gasteiger partial charge in [-0.25, -0.2) is 9.48 Å². The molecule has 0 saturated carbocycles. The molecule has 0 radical (unpaired) electrons. The van der Waals surface area contributed by atoms with E-state index in [4.69, 9.17) is 11.6 Å². The van der Waals surface area contributed by atoms with E-state index in [-0.39, 0.29) is 5.91 Å². The molecule has 0 saturated heterocycles. The quantitative estimate of drug-likeness (QED) is 0.765. The van der Waals surface area contributed by atoms with E-state index in [9.17, 15) is 9.59 Å². The molecule has 0 aliphatic rings. The van der Waals surface area contributed by atoms with E-state index < -0.39 is 11.7 Å². The van der Waals surface area contributed by atoms with Crippen molar-refractivity contribution >= 4 is 23.2 Å². The fourth-order valence-corrected chi connectivity index (χ4v) is 2.50. The van der Waals surface area contributed by atoms with Crippen LogP contribution in [0, 0.1) is 6.92 Å². The van der Waals surface area contributed by atoms with Crippen molar-refractivity contribution in [1.82, 2.24) is 14.8 Å². The maximum absolute atomic E-state index is 12.4.